The molecule has 1 aromatic carbocycles. The minimum Gasteiger partial charge on any atom is -0.461 e. The lowest BCUT2D eigenvalue weighted by Crippen LogP contribution is -2.27. The third-order valence-corrected chi connectivity index (χ3v) is 5.38. The number of ether oxygens (including phenoxy) is 1. The van der Waals surface area contributed by atoms with Crippen LogP contribution in [0.15, 0.2) is 42.6 Å². The summed E-state index contributed by atoms with van der Waals surface area (Å²) in [5.74, 6) is -0.597. The van der Waals surface area contributed by atoms with E-state index in [1.165, 1.54) is 0 Å². The van der Waals surface area contributed by atoms with E-state index in [1.807, 2.05) is 36.6 Å². The summed E-state index contributed by atoms with van der Waals surface area (Å²) in [5.41, 5.74) is 4.14. The number of pyridine rings is 1. The van der Waals surface area contributed by atoms with Crippen LogP contribution < -0.4 is 5.32 Å². The Morgan fingerprint density at radius 3 is 2.45 bits per heavy atom. The molecule has 0 fully saturated rings. The molecule has 0 radical (unpaired) electrons. The van der Waals surface area contributed by atoms with Crippen LogP contribution >= 0.6 is 0 Å². The molecule has 7 nitrogen and oxygen atoms in total. The van der Waals surface area contributed by atoms with E-state index in [9.17, 15) is 9.59 Å². The van der Waals surface area contributed by atoms with Crippen molar-refractivity contribution >= 4 is 23.2 Å². The first-order valence-corrected chi connectivity index (χ1v) is 10.8. The molecule has 7 heteroatoms. The van der Waals surface area contributed by atoms with Gasteiger partial charge in [0.2, 0.25) is 0 Å². The Kier molecular flexibility index (Phi) is 7.41. The minimum absolute atomic E-state index is 0.232. The van der Waals surface area contributed by atoms with Crippen molar-refractivity contribution in [3.05, 3.63) is 65.1 Å². The first-order valence-electron chi connectivity index (χ1n) is 10.8. The highest BCUT2D eigenvalue weighted by atomic mass is 16.5. The second kappa shape index (κ2) is 10.2. The molecule has 3 rings (SSSR count). The number of likely N-dealkylation sites (N-methyl/N-ethyl adjacent to an activating group) is 1. The molecule has 0 bridgehead atoms. The molecule has 0 atom stereocenters. The topological polar surface area (TPSA) is 75.9 Å². The third-order valence-electron chi connectivity index (χ3n) is 5.38. The fraction of sp³-hybridized carbons (Fsp3) is 0.375. The standard InChI is InChI=1S/C24H30N4O3/c1-5-20-21(28-14-8-9-17(4)22(28)26-20)23(29)25-19-12-10-18(11-13-19)24(30)31-16-15-27(6-2)7-3/h8-14H,5-7,15-16H2,1-4H3,(H,25,29). The number of aromatic nitrogens is 2. The normalized spacial score (nSPS) is 11.1. The summed E-state index contributed by atoms with van der Waals surface area (Å²) in [4.78, 5) is 32.1. The van der Waals surface area contributed by atoms with Gasteiger partial charge >= 0.3 is 5.97 Å². The molecule has 0 unspecified atom stereocenters. The van der Waals surface area contributed by atoms with Gasteiger partial charge in [0.15, 0.2) is 0 Å². The van der Waals surface area contributed by atoms with E-state index < -0.39 is 0 Å². The van der Waals surface area contributed by atoms with Gasteiger partial charge in [-0.25, -0.2) is 9.78 Å². The molecular formula is C24H30N4O3. The van der Waals surface area contributed by atoms with Crippen molar-refractivity contribution in [1.82, 2.24) is 14.3 Å². The zero-order valence-corrected chi connectivity index (χ0v) is 18.6. The fourth-order valence-electron chi connectivity index (χ4n) is 3.51. The number of rotatable bonds is 9. The summed E-state index contributed by atoms with van der Waals surface area (Å²) in [6, 6.07) is 10.6. The van der Waals surface area contributed by atoms with E-state index in [0.717, 1.165) is 30.0 Å². The molecule has 164 valence electrons. The second-order valence-corrected chi connectivity index (χ2v) is 7.34. The lowest BCUT2D eigenvalue weighted by atomic mass is 10.2. The zero-order valence-electron chi connectivity index (χ0n) is 18.6. The molecule has 0 aliphatic carbocycles. The van der Waals surface area contributed by atoms with Crippen LogP contribution in [0.2, 0.25) is 0 Å². The molecule has 0 saturated carbocycles. The Morgan fingerprint density at radius 1 is 1.10 bits per heavy atom. The van der Waals surface area contributed by atoms with Gasteiger partial charge in [-0.1, -0.05) is 26.8 Å². The monoisotopic (exact) mass is 422 g/mol. The number of nitrogens with zero attached hydrogens (tertiary/aromatic N) is 3. The van der Waals surface area contributed by atoms with Crippen molar-refractivity contribution in [3.8, 4) is 0 Å². The number of anilines is 1. The smallest absolute Gasteiger partial charge is 0.338 e. The zero-order chi connectivity index (χ0) is 22.4. The van der Waals surface area contributed by atoms with Crippen LogP contribution in [-0.2, 0) is 11.2 Å². The lowest BCUT2D eigenvalue weighted by molar-refractivity contribution is 0.0466. The number of aryl methyl sites for hydroxylation is 2. The molecule has 0 aliphatic heterocycles. The molecule has 0 saturated heterocycles. The van der Waals surface area contributed by atoms with Gasteiger partial charge in [-0.15, -0.1) is 0 Å². The number of hydrogen-bond donors (Lipinski definition) is 1. The number of fused-ring (bicyclic) bond motifs is 1. The van der Waals surface area contributed by atoms with E-state index >= 15 is 0 Å². The molecule has 31 heavy (non-hydrogen) atoms. The number of esters is 1. The van der Waals surface area contributed by atoms with Gasteiger partial charge < -0.3 is 15.0 Å². The Labute approximate surface area is 183 Å². The maximum absolute atomic E-state index is 13.0. The molecule has 2 aromatic heterocycles. The minimum atomic E-state index is -0.365. The van der Waals surface area contributed by atoms with Crippen molar-refractivity contribution in [1.29, 1.82) is 0 Å². The fourth-order valence-corrected chi connectivity index (χ4v) is 3.51. The summed E-state index contributed by atoms with van der Waals surface area (Å²) in [7, 11) is 0. The summed E-state index contributed by atoms with van der Waals surface area (Å²) in [5, 5.41) is 2.91. The summed E-state index contributed by atoms with van der Waals surface area (Å²) < 4.78 is 7.18. The van der Waals surface area contributed by atoms with E-state index in [4.69, 9.17) is 4.74 Å². The number of hydrogen-bond acceptors (Lipinski definition) is 5. The third kappa shape index (κ3) is 5.11. The van der Waals surface area contributed by atoms with Crippen LogP contribution in [0.5, 0.6) is 0 Å². The summed E-state index contributed by atoms with van der Waals surface area (Å²) in [6.45, 7) is 11.0. The van der Waals surface area contributed by atoms with E-state index in [2.05, 4.69) is 29.0 Å². The number of benzene rings is 1. The summed E-state index contributed by atoms with van der Waals surface area (Å²) in [6.07, 6.45) is 2.50. The highest BCUT2D eigenvalue weighted by Crippen LogP contribution is 2.19. The number of carbonyl (C=O) groups excluding carboxylic acids is 2. The predicted octanol–water partition coefficient (Wildman–Crippen LogP) is 3.96. The maximum atomic E-state index is 13.0. The maximum Gasteiger partial charge on any atom is 0.338 e. The van der Waals surface area contributed by atoms with Gasteiger partial charge in [-0.2, -0.15) is 0 Å². The number of amides is 1. The van der Waals surface area contributed by atoms with Crippen LogP contribution in [0, 0.1) is 6.92 Å². The SMILES string of the molecule is CCc1nc2c(C)cccn2c1C(=O)Nc1ccc(C(=O)OCCN(CC)CC)cc1. The molecule has 1 N–H and O–H groups in total. The van der Waals surface area contributed by atoms with E-state index in [0.29, 0.717) is 36.5 Å². The van der Waals surface area contributed by atoms with Crippen LogP contribution in [0.1, 0.15) is 52.9 Å². The first-order chi connectivity index (χ1) is 15.0. The van der Waals surface area contributed by atoms with Gasteiger partial charge in [0.25, 0.3) is 5.91 Å². The Balaban J connectivity index is 1.68. The van der Waals surface area contributed by atoms with Crippen LogP contribution in [0.25, 0.3) is 5.65 Å². The van der Waals surface area contributed by atoms with Gasteiger partial charge in [0, 0.05) is 18.4 Å². The molecule has 0 spiro atoms. The van der Waals surface area contributed by atoms with Gasteiger partial charge in [0.05, 0.1) is 11.3 Å². The van der Waals surface area contributed by atoms with Gasteiger partial charge in [-0.3, -0.25) is 9.20 Å². The molecular weight excluding hydrogens is 392 g/mol. The van der Waals surface area contributed by atoms with Crippen molar-refractivity contribution in [2.24, 2.45) is 0 Å². The number of imidazole rings is 1. The van der Waals surface area contributed by atoms with Crippen LogP contribution in [0.3, 0.4) is 0 Å². The number of carbonyl (C=O) groups is 2. The van der Waals surface area contributed by atoms with E-state index in [-0.39, 0.29) is 11.9 Å². The Bertz CT molecular complexity index is 1050. The highest BCUT2D eigenvalue weighted by molar-refractivity contribution is 6.04. The molecule has 1 amide bonds. The largest absolute Gasteiger partial charge is 0.461 e. The highest BCUT2D eigenvalue weighted by Gasteiger charge is 2.19. The summed E-state index contributed by atoms with van der Waals surface area (Å²) >= 11 is 0. The molecule has 0 aliphatic rings. The lowest BCUT2D eigenvalue weighted by Gasteiger charge is -2.17. The van der Waals surface area contributed by atoms with E-state index in [1.54, 1.807) is 24.3 Å². The van der Waals surface area contributed by atoms with Crippen molar-refractivity contribution < 1.29 is 14.3 Å². The van der Waals surface area contributed by atoms with Gasteiger partial charge in [0.1, 0.15) is 17.9 Å². The number of nitrogens with one attached hydrogen (secondary N) is 1. The van der Waals surface area contributed by atoms with Crippen LogP contribution in [0.4, 0.5) is 5.69 Å². The molecule has 2 heterocycles. The predicted molar refractivity (Wildman–Crippen MR) is 122 cm³/mol. The van der Waals surface area contributed by atoms with Crippen molar-refractivity contribution in [2.45, 2.75) is 34.1 Å². The average molecular weight is 423 g/mol. The van der Waals surface area contributed by atoms with Crippen molar-refractivity contribution in [2.75, 3.05) is 31.6 Å². The quantitative estimate of drug-likeness (QED) is 0.529. The molecule has 3 aromatic rings. The van der Waals surface area contributed by atoms with Crippen LogP contribution in [-0.4, -0.2) is 52.4 Å². The van der Waals surface area contributed by atoms with Gasteiger partial charge in [-0.05, 0) is 62.3 Å². The average Bonchev–Trinajstić information content (AvgIpc) is 3.17. The Morgan fingerprint density at radius 2 is 1.81 bits per heavy atom. The second-order valence-electron chi connectivity index (χ2n) is 7.34. The first kappa shape index (κ1) is 22.5. The van der Waals surface area contributed by atoms with Crippen molar-refractivity contribution in [3.63, 3.8) is 0 Å². The Hall–Kier alpha value is -3.19.